The summed E-state index contributed by atoms with van der Waals surface area (Å²) in [5.41, 5.74) is 1.64. The Balaban J connectivity index is 0.000000465. The Morgan fingerprint density at radius 3 is 1.61 bits per heavy atom. The minimum absolute atomic E-state index is 0. The molecular weight excluding hydrogens is 556 g/mol. The summed E-state index contributed by atoms with van der Waals surface area (Å²) in [6.45, 7) is 0. The number of ketones is 2. The van der Waals surface area contributed by atoms with Gasteiger partial charge in [0.25, 0.3) is 0 Å². The van der Waals surface area contributed by atoms with Crippen molar-refractivity contribution in [1.29, 1.82) is 0 Å². The third kappa shape index (κ3) is 12.9. The van der Waals surface area contributed by atoms with Crippen LogP contribution in [0.25, 0.3) is 0 Å². The van der Waals surface area contributed by atoms with Gasteiger partial charge in [-0.15, -0.1) is 0 Å². The van der Waals surface area contributed by atoms with Crippen LogP contribution in [-0.4, -0.2) is 45.7 Å². The molecule has 0 aromatic heterocycles. The van der Waals surface area contributed by atoms with Crippen molar-refractivity contribution in [1.82, 2.24) is 0 Å². The lowest BCUT2D eigenvalue weighted by molar-refractivity contribution is -0.0000215. The summed E-state index contributed by atoms with van der Waals surface area (Å²) in [6.07, 6.45) is 5.58. The normalized spacial score (nSPS) is 14.6. The van der Waals surface area contributed by atoms with Gasteiger partial charge in [0.05, 0.1) is 5.33 Å². The standard InChI is InChI=1S/C12H15OS.C8H7BrO.C4H8S.CH4.BrH/c13-12(10-14-8-4-5-9-14)11-6-2-1-3-7-11;9-6-8(10)7-4-2-1-3-5-7;1-2-4-5-3-1;;/h1-3,6-7H,4-5,8-10H2;1-5H,6H2;1-4H2;1H4;1H/q+1;;;;/p-1. The lowest BCUT2D eigenvalue weighted by atomic mass is 10.2. The van der Waals surface area contributed by atoms with Crippen molar-refractivity contribution in [2.75, 3.05) is 34.1 Å². The highest BCUT2D eigenvalue weighted by molar-refractivity contribution is 9.09. The molecule has 2 aliphatic heterocycles. The molecule has 2 fully saturated rings. The maximum absolute atomic E-state index is 11.8. The van der Waals surface area contributed by atoms with E-state index in [-0.39, 0.29) is 30.2 Å². The largest absolute Gasteiger partial charge is 1.00 e. The van der Waals surface area contributed by atoms with E-state index in [2.05, 4.69) is 27.7 Å². The van der Waals surface area contributed by atoms with Crippen LogP contribution in [0.5, 0.6) is 0 Å². The van der Waals surface area contributed by atoms with Crippen LogP contribution in [0.1, 0.15) is 53.8 Å². The first-order chi connectivity index (χ1) is 14.2. The maximum atomic E-state index is 11.8. The minimum Gasteiger partial charge on any atom is -1.00 e. The molecule has 2 nitrogen and oxygen atoms in total. The summed E-state index contributed by atoms with van der Waals surface area (Å²) >= 11 is 5.18. The van der Waals surface area contributed by atoms with E-state index in [1.54, 1.807) is 0 Å². The molecule has 4 rings (SSSR count). The van der Waals surface area contributed by atoms with Crippen LogP contribution in [0.3, 0.4) is 0 Å². The van der Waals surface area contributed by atoms with Gasteiger partial charge < -0.3 is 17.0 Å². The molecule has 0 bridgehead atoms. The smallest absolute Gasteiger partial charge is 0.211 e. The zero-order valence-electron chi connectivity index (χ0n) is 17.2. The van der Waals surface area contributed by atoms with E-state index in [9.17, 15) is 9.59 Å². The van der Waals surface area contributed by atoms with Crippen LogP contribution in [0.4, 0.5) is 0 Å². The molecule has 0 spiro atoms. The number of halogens is 2. The topological polar surface area (TPSA) is 34.1 Å². The fourth-order valence-corrected chi connectivity index (χ4v) is 6.56. The molecule has 31 heavy (non-hydrogen) atoms. The fraction of sp³-hybridized carbons (Fsp3) is 0.440. The van der Waals surface area contributed by atoms with E-state index in [1.165, 1.54) is 48.7 Å². The molecule has 0 amide bonds. The molecule has 2 heterocycles. The zero-order chi connectivity index (χ0) is 20.7. The SMILES string of the molecule is C.C1CCSC1.O=C(CBr)c1ccccc1.O=C(C[S+]1CCCC1)c1ccccc1.[Br-]. The summed E-state index contributed by atoms with van der Waals surface area (Å²) in [4.78, 5) is 22.8. The monoisotopic (exact) mass is 588 g/mol. The van der Waals surface area contributed by atoms with E-state index in [4.69, 9.17) is 0 Å². The van der Waals surface area contributed by atoms with Crippen LogP contribution >= 0.6 is 27.7 Å². The van der Waals surface area contributed by atoms with Gasteiger partial charge in [0.1, 0.15) is 11.5 Å². The Bertz CT molecular complexity index is 709. The van der Waals surface area contributed by atoms with Gasteiger partial charge in [0, 0.05) is 11.1 Å². The van der Waals surface area contributed by atoms with Crippen molar-refractivity contribution < 1.29 is 26.6 Å². The number of carbonyl (C=O) groups is 2. The van der Waals surface area contributed by atoms with E-state index in [1.807, 2.05) is 60.7 Å². The summed E-state index contributed by atoms with van der Waals surface area (Å²) in [6, 6.07) is 18.9. The molecule has 2 aromatic rings. The highest BCUT2D eigenvalue weighted by atomic mass is 79.9. The number of hydrogen-bond donors (Lipinski definition) is 0. The highest BCUT2D eigenvalue weighted by Gasteiger charge is 2.27. The van der Waals surface area contributed by atoms with E-state index in [0.717, 1.165) is 16.9 Å². The first kappa shape index (κ1) is 30.4. The summed E-state index contributed by atoms with van der Waals surface area (Å²) in [7, 11) is 0.393. The van der Waals surface area contributed by atoms with Crippen LogP contribution in [0.15, 0.2) is 60.7 Å². The Hall–Kier alpha value is -0.560. The number of thioether (sulfide) groups is 1. The van der Waals surface area contributed by atoms with Crippen LogP contribution < -0.4 is 17.0 Å². The van der Waals surface area contributed by atoms with Crippen molar-refractivity contribution in [3.63, 3.8) is 0 Å². The van der Waals surface area contributed by atoms with Gasteiger partial charge in [-0.3, -0.25) is 9.59 Å². The van der Waals surface area contributed by atoms with Crippen molar-refractivity contribution in [3.8, 4) is 0 Å². The van der Waals surface area contributed by atoms with Gasteiger partial charge in [-0.2, -0.15) is 11.8 Å². The van der Waals surface area contributed by atoms with Gasteiger partial charge in [0.2, 0.25) is 5.78 Å². The number of carbonyl (C=O) groups excluding carboxylic acids is 2. The summed E-state index contributed by atoms with van der Waals surface area (Å²) < 4.78 is 0. The molecule has 0 saturated carbocycles. The molecule has 172 valence electrons. The molecule has 0 radical (unpaired) electrons. The minimum atomic E-state index is 0. The second-order valence-electron chi connectivity index (χ2n) is 6.90. The molecule has 0 unspecified atom stereocenters. The Morgan fingerprint density at radius 1 is 0.774 bits per heavy atom. The lowest BCUT2D eigenvalue weighted by Gasteiger charge is -2.00. The first-order valence-corrected chi connectivity index (χ1v) is 14.2. The second-order valence-corrected chi connectivity index (χ2v) is 11.0. The molecule has 2 aromatic carbocycles. The van der Waals surface area contributed by atoms with Gasteiger partial charge in [-0.05, 0) is 48.1 Å². The molecule has 6 heteroatoms. The van der Waals surface area contributed by atoms with Gasteiger partial charge >= 0.3 is 0 Å². The predicted octanol–water partition coefficient (Wildman–Crippen LogP) is 3.70. The summed E-state index contributed by atoms with van der Waals surface area (Å²) in [5, 5.41) is 0.400. The number of rotatable bonds is 5. The fourth-order valence-electron chi connectivity index (χ4n) is 2.96. The molecule has 0 atom stereocenters. The highest BCUT2D eigenvalue weighted by Crippen LogP contribution is 2.15. The van der Waals surface area contributed by atoms with Crippen LogP contribution in [0.2, 0.25) is 0 Å². The Kier molecular flexibility index (Phi) is 18.6. The third-order valence-electron chi connectivity index (χ3n) is 4.59. The molecular formula is C25H34Br2O2S2. The molecule has 0 N–H and O–H groups in total. The van der Waals surface area contributed by atoms with E-state index < -0.39 is 0 Å². The van der Waals surface area contributed by atoms with Gasteiger partial charge in [-0.25, -0.2) is 0 Å². The van der Waals surface area contributed by atoms with Crippen molar-refractivity contribution >= 4 is 50.2 Å². The van der Waals surface area contributed by atoms with Crippen LogP contribution in [0, 0.1) is 0 Å². The predicted molar refractivity (Wildman–Crippen MR) is 140 cm³/mol. The number of benzene rings is 2. The Labute approximate surface area is 214 Å². The summed E-state index contributed by atoms with van der Waals surface area (Å²) in [5.74, 6) is 6.62. The van der Waals surface area contributed by atoms with E-state index >= 15 is 0 Å². The van der Waals surface area contributed by atoms with Gasteiger partial charge in [0.15, 0.2) is 11.5 Å². The van der Waals surface area contributed by atoms with Crippen molar-refractivity contribution in [2.24, 2.45) is 0 Å². The third-order valence-corrected chi connectivity index (χ3v) is 8.66. The maximum Gasteiger partial charge on any atom is 0.211 e. The Morgan fingerprint density at radius 2 is 1.23 bits per heavy atom. The lowest BCUT2D eigenvalue weighted by Crippen LogP contribution is -3.00. The van der Waals surface area contributed by atoms with E-state index in [0.29, 0.717) is 22.0 Å². The molecule has 0 aliphatic carbocycles. The average molecular weight is 590 g/mol. The average Bonchev–Trinajstić information content (AvgIpc) is 3.52. The number of hydrogen-bond acceptors (Lipinski definition) is 3. The first-order valence-electron chi connectivity index (χ1n) is 10.1. The quantitative estimate of drug-likeness (QED) is 0.303. The van der Waals surface area contributed by atoms with Crippen LogP contribution in [-0.2, 0) is 10.9 Å². The van der Waals surface area contributed by atoms with Crippen molar-refractivity contribution in [3.05, 3.63) is 71.8 Å². The van der Waals surface area contributed by atoms with Gasteiger partial charge in [-0.1, -0.05) is 84.0 Å². The number of Topliss-reactive ketones (excluding diaryl/α,β-unsaturated/α-hetero) is 2. The number of alkyl halides is 1. The second kappa shape index (κ2) is 19.0. The molecule has 2 aliphatic rings. The van der Waals surface area contributed by atoms with Crippen molar-refractivity contribution in [2.45, 2.75) is 33.1 Å². The molecule has 2 saturated heterocycles. The zero-order valence-corrected chi connectivity index (χ0v) is 22.0.